The number of hydrogen-bond acceptors (Lipinski definition) is 4. The molecule has 0 aliphatic heterocycles. The van der Waals surface area contributed by atoms with E-state index in [4.69, 9.17) is 0 Å². The Bertz CT molecular complexity index is 819. The van der Waals surface area contributed by atoms with Gasteiger partial charge in [0.25, 0.3) is 5.91 Å². The third-order valence-corrected chi connectivity index (χ3v) is 5.36. The zero-order chi connectivity index (χ0) is 19.8. The highest BCUT2D eigenvalue weighted by Crippen LogP contribution is 2.26. The molecule has 0 bridgehead atoms. The molecule has 0 fully saturated rings. The van der Waals surface area contributed by atoms with Gasteiger partial charge < -0.3 is 4.90 Å². The van der Waals surface area contributed by atoms with Gasteiger partial charge in [-0.25, -0.2) is 4.39 Å². The molecule has 0 saturated heterocycles. The Morgan fingerprint density at radius 3 is 2.63 bits per heavy atom. The minimum atomic E-state index is -0.263. The SMILES string of the molecule is CCC(C)/C(=N\C=C(/C)C(=O)N(C)c1cccnc1)Sc1ccc(F)cc1. The van der Waals surface area contributed by atoms with E-state index in [2.05, 4.69) is 23.8 Å². The van der Waals surface area contributed by atoms with Gasteiger partial charge >= 0.3 is 0 Å². The average Bonchev–Trinajstić information content (AvgIpc) is 2.71. The molecule has 0 spiro atoms. The molecule has 0 saturated carbocycles. The summed E-state index contributed by atoms with van der Waals surface area (Å²) in [4.78, 5) is 23.7. The fraction of sp³-hybridized carbons (Fsp3) is 0.286. The number of rotatable bonds is 6. The van der Waals surface area contributed by atoms with E-state index in [0.29, 0.717) is 5.57 Å². The van der Waals surface area contributed by atoms with Crippen LogP contribution in [0, 0.1) is 11.7 Å². The van der Waals surface area contributed by atoms with Crippen molar-refractivity contribution in [2.24, 2.45) is 10.9 Å². The average molecular weight is 386 g/mol. The van der Waals surface area contributed by atoms with Gasteiger partial charge in [-0.15, -0.1) is 0 Å². The molecule has 0 radical (unpaired) electrons. The van der Waals surface area contributed by atoms with Crippen LogP contribution in [0.15, 0.2) is 70.5 Å². The van der Waals surface area contributed by atoms with E-state index in [1.807, 2.05) is 6.07 Å². The molecule has 1 aromatic carbocycles. The van der Waals surface area contributed by atoms with Crippen molar-refractivity contribution in [2.75, 3.05) is 11.9 Å². The fourth-order valence-electron chi connectivity index (χ4n) is 2.20. The molecule has 1 heterocycles. The van der Waals surface area contributed by atoms with Gasteiger partial charge in [0.05, 0.1) is 16.9 Å². The number of thioether (sulfide) groups is 1. The number of carbonyl (C=O) groups excluding carboxylic acids is 1. The number of carbonyl (C=O) groups is 1. The Morgan fingerprint density at radius 2 is 2.04 bits per heavy atom. The van der Waals surface area contributed by atoms with Crippen molar-refractivity contribution in [2.45, 2.75) is 32.1 Å². The van der Waals surface area contributed by atoms with Gasteiger partial charge in [-0.2, -0.15) is 0 Å². The summed E-state index contributed by atoms with van der Waals surface area (Å²) in [5.74, 6) is -0.168. The molecule has 0 N–H and O–H groups in total. The van der Waals surface area contributed by atoms with E-state index in [9.17, 15) is 9.18 Å². The summed E-state index contributed by atoms with van der Waals surface area (Å²) in [5, 5.41) is 0.889. The Labute approximate surface area is 164 Å². The number of benzene rings is 1. The molecule has 2 aromatic rings. The van der Waals surface area contributed by atoms with Crippen molar-refractivity contribution < 1.29 is 9.18 Å². The zero-order valence-corrected chi connectivity index (χ0v) is 16.8. The summed E-state index contributed by atoms with van der Waals surface area (Å²) in [7, 11) is 1.71. The lowest BCUT2D eigenvalue weighted by molar-refractivity contribution is -0.114. The highest BCUT2D eigenvalue weighted by Gasteiger charge is 2.14. The molecular weight excluding hydrogens is 361 g/mol. The molecule has 27 heavy (non-hydrogen) atoms. The summed E-state index contributed by atoms with van der Waals surface area (Å²) < 4.78 is 13.1. The highest BCUT2D eigenvalue weighted by atomic mass is 32.2. The lowest BCUT2D eigenvalue weighted by Gasteiger charge is -2.17. The number of aromatic nitrogens is 1. The predicted molar refractivity (Wildman–Crippen MR) is 111 cm³/mol. The Morgan fingerprint density at radius 1 is 1.33 bits per heavy atom. The Balaban J connectivity index is 2.19. The normalized spacial score (nSPS) is 13.4. The monoisotopic (exact) mass is 385 g/mol. The molecule has 142 valence electrons. The van der Waals surface area contributed by atoms with Crippen molar-refractivity contribution in [3.05, 3.63) is 66.4 Å². The number of amides is 1. The van der Waals surface area contributed by atoms with Crippen molar-refractivity contribution in [1.29, 1.82) is 0 Å². The third kappa shape index (κ3) is 6.03. The zero-order valence-electron chi connectivity index (χ0n) is 16.0. The maximum Gasteiger partial charge on any atom is 0.255 e. The van der Waals surface area contributed by atoms with E-state index in [1.54, 1.807) is 55.7 Å². The van der Waals surface area contributed by atoms with Crippen LogP contribution in [0.2, 0.25) is 0 Å². The standard InChI is InChI=1S/C21H24FN3OS/c1-5-15(2)20(27-19-10-8-17(22)9-11-19)24-13-16(3)21(26)25(4)18-7-6-12-23-14-18/h6-15H,5H2,1-4H3/b16-13+,24-20+. The van der Waals surface area contributed by atoms with Crippen LogP contribution in [0.5, 0.6) is 0 Å². The van der Waals surface area contributed by atoms with Gasteiger partial charge in [-0.3, -0.25) is 14.8 Å². The van der Waals surface area contributed by atoms with Crippen molar-refractivity contribution >= 4 is 28.4 Å². The number of anilines is 1. The van der Waals surface area contributed by atoms with E-state index in [-0.39, 0.29) is 17.6 Å². The van der Waals surface area contributed by atoms with Gasteiger partial charge in [0.2, 0.25) is 0 Å². The summed E-state index contributed by atoms with van der Waals surface area (Å²) >= 11 is 1.49. The lowest BCUT2D eigenvalue weighted by Crippen LogP contribution is -2.26. The maximum atomic E-state index is 13.1. The second-order valence-corrected chi connectivity index (χ2v) is 7.31. The smallest absolute Gasteiger partial charge is 0.255 e. The van der Waals surface area contributed by atoms with Crippen molar-refractivity contribution in [1.82, 2.24) is 4.98 Å². The summed E-state index contributed by atoms with van der Waals surface area (Å²) in [6.45, 7) is 5.92. The van der Waals surface area contributed by atoms with Crippen LogP contribution < -0.4 is 4.90 Å². The highest BCUT2D eigenvalue weighted by molar-refractivity contribution is 8.14. The Kier molecular flexibility index (Phi) is 7.73. The molecule has 0 aliphatic rings. The molecule has 1 atom stereocenters. The van der Waals surface area contributed by atoms with E-state index in [0.717, 1.165) is 22.0 Å². The molecule has 2 rings (SSSR count). The first-order valence-corrected chi connectivity index (χ1v) is 9.60. The number of aliphatic imine (C=N–C) groups is 1. The number of pyridine rings is 1. The molecule has 1 unspecified atom stereocenters. The van der Waals surface area contributed by atoms with Crippen LogP contribution in [-0.4, -0.2) is 23.0 Å². The largest absolute Gasteiger partial charge is 0.310 e. The van der Waals surface area contributed by atoms with Crippen LogP contribution in [0.4, 0.5) is 10.1 Å². The Hall–Kier alpha value is -2.47. The van der Waals surface area contributed by atoms with Gasteiger partial charge in [0, 0.05) is 35.8 Å². The summed E-state index contributed by atoms with van der Waals surface area (Å²) in [6.07, 6.45) is 5.83. The van der Waals surface area contributed by atoms with E-state index < -0.39 is 0 Å². The van der Waals surface area contributed by atoms with Crippen LogP contribution in [-0.2, 0) is 4.79 Å². The number of nitrogens with zero attached hydrogens (tertiary/aromatic N) is 3. The lowest BCUT2D eigenvalue weighted by atomic mass is 10.1. The molecular formula is C21H24FN3OS. The molecule has 0 aliphatic carbocycles. The van der Waals surface area contributed by atoms with Crippen LogP contribution in [0.3, 0.4) is 0 Å². The number of hydrogen-bond donors (Lipinski definition) is 0. The molecule has 4 nitrogen and oxygen atoms in total. The van der Waals surface area contributed by atoms with E-state index in [1.165, 1.54) is 23.9 Å². The predicted octanol–water partition coefficient (Wildman–Crippen LogP) is 5.32. The van der Waals surface area contributed by atoms with E-state index >= 15 is 0 Å². The number of likely N-dealkylation sites (N-methyl/N-ethyl adjacent to an activating group) is 1. The topological polar surface area (TPSA) is 45.6 Å². The third-order valence-electron chi connectivity index (χ3n) is 4.13. The fourth-order valence-corrected chi connectivity index (χ4v) is 3.19. The van der Waals surface area contributed by atoms with Gasteiger partial charge in [0.15, 0.2) is 0 Å². The summed E-state index contributed by atoms with van der Waals surface area (Å²) in [6, 6.07) is 9.95. The number of halogens is 1. The van der Waals surface area contributed by atoms with Crippen LogP contribution >= 0.6 is 11.8 Å². The van der Waals surface area contributed by atoms with Crippen molar-refractivity contribution in [3.8, 4) is 0 Å². The first-order chi connectivity index (χ1) is 12.9. The van der Waals surface area contributed by atoms with Gasteiger partial charge in [-0.05, 0) is 49.7 Å². The maximum absolute atomic E-state index is 13.1. The second kappa shape index (κ2) is 10.0. The van der Waals surface area contributed by atoms with Gasteiger partial charge in [0.1, 0.15) is 5.82 Å². The quantitative estimate of drug-likeness (QED) is 0.292. The summed E-state index contributed by atoms with van der Waals surface area (Å²) in [5.41, 5.74) is 1.25. The minimum Gasteiger partial charge on any atom is -0.310 e. The first-order valence-electron chi connectivity index (χ1n) is 8.78. The molecule has 1 aromatic heterocycles. The second-order valence-electron chi connectivity index (χ2n) is 6.22. The van der Waals surface area contributed by atoms with Gasteiger partial charge in [-0.1, -0.05) is 25.6 Å². The first kappa shape index (κ1) is 20.8. The van der Waals surface area contributed by atoms with Crippen LogP contribution in [0.1, 0.15) is 27.2 Å². The molecule has 6 heteroatoms. The van der Waals surface area contributed by atoms with Crippen LogP contribution in [0.25, 0.3) is 0 Å². The molecule has 1 amide bonds. The minimum absolute atomic E-state index is 0.137. The van der Waals surface area contributed by atoms with Crippen molar-refractivity contribution in [3.63, 3.8) is 0 Å².